The lowest BCUT2D eigenvalue weighted by molar-refractivity contribution is 0.211. The topological polar surface area (TPSA) is 34.0 Å². The lowest BCUT2D eigenvalue weighted by Crippen LogP contribution is -2.07. The first-order valence-electron chi connectivity index (χ1n) is 4.50. The second-order valence-corrected chi connectivity index (χ2v) is 3.43. The molecule has 0 fully saturated rings. The summed E-state index contributed by atoms with van der Waals surface area (Å²) >= 11 is 4.74. The summed E-state index contributed by atoms with van der Waals surface area (Å²) in [4.78, 5) is 0. The Morgan fingerprint density at radius 3 is 2.71 bits per heavy atom. The highest BCUT2D eigenvalue weighted by Gasteiger charge is 2.16. The molecule has 1 heterocycles. The standard InChI is InChI=1S/C10H10N2OS/c14-10-12-11-9(13-10)7-6-8-4-2-1-3-5-8/h1-5,9H,6-7H2. The van der Waals surface area contributed by atoms with Crippen molar-refractivity contribution >= 4 is 17.4 Å². The molecule has 72 valence electrons. The molecule has 3 nitrogen and oxygen atoms in total. The van der Waals surface area contributed by atoms with Crippen LogP contribution in [0.25, 0.3) is 0 Å². The van der Waals surface area contributed by atoms with Crippen LogP contribution in [0.2, 0.25) is 0 Å². The van der Waals surface area contributed by atoms with E-state index in [0.29, 0.717) is 0 Å². The van der Waals surface area contributed by atoms with E-state index in [2.05, 4.69) is 22.4 Å². The summed E-state index contributed by atoms with van der Waals surface area (Å²) in [6.45, 7) is 0. The summed E-state index contributed by atoms with van der Waals surface area (Å²) in [5, 5.41) is 7.81. The van der Waals surface area contributed by atoms with E-state index in [4.69, 9.17) is 17.0 Å². The van der Waals surface area contributed by atoms with Crippen LogP contribution in [-0.2, 0) is 11.2 Å². The second-order valence-electron chi connectivity index (χ2n) is 3.08. The van der Waals surface area contributed by atoms with Crippen LogP contribution in [0.15, 0.2) is 40.6 Å². The van der Waals surface area contributed by atoms with E-state index in [0.717, 1.165) is 12.8 Å². The third kappa shape index (κ3) is 2.35. The Hall–Kier alpha value is -1.29. The maximum atomic E-state index is 5.18. The van der Waals surface area contributed by atoms with Crippen LogP contribution in [0.1, 0.15) is 12.0 Å². The van der Waals surface area contributed by atoms with Crippen molar-refractivity contribution in [2.45, 2.75) is 19.1 Å². The summed E-state index contributed by atoms with van der Waals surface area (Å²) in [5.41, 5.74) is 1.28. The van der Waals surface area contributed by atoms with Gasteiger partial charge in [0.2, 0.25) is 6.23 Å². The Kier molecular flexibility index (Phi) is 2.84. The first kappa shape index (κ1) is 9.27. The third-order valence-corrected chi connectivity index (χ3v) is 2.21. The minimum absolute atomic E-state index is 0.178. The average molecular weight is 206 g/mol. The van der Waals surface area contributed by atoms with Crippen LogP contribution >= 0.6 is 12.2 Å². The number of rotatable bonds is 3. The molecule has 0 spiro atoms. The summed E-state index contributed by atoms with van der Waals surface area (Å²) < 4.78 is 5.18. The van der Waals surface area contributed by atoms with Crippen LogP contribution in [-0.4, -0.2) is 11.4 Å². The van der Waals surface area contributed by atoms with Gasteiger partial charge in [-0.3, -0.25) is 0 Å². The summed E-state index contributed by atoms with van der Waals surface area (Å²) in [6.07, 6.45) is 1.59. The molecule has 1 aromatic carbocycles. The summed E-state index contributed by atoms with van der Waals surface area (Å²) in [5.74, 6) is 0. The largest absolute Gasteiger partial charge is 0.441 e. The fourth-order valence-corrected chi connectivity index (χ4v) is 1.48. The molecule has 1 aromatic rings. The molecule has 0 aromatic heterocycles. The zero-order valence-corrected chi connectivity index (χ0v) is 8.41. The maximum Gasteiger partial charge on any atom is 0.304 e. The van der Waals surface area contributed by atoms with Crippen LogP contribution in [0.3, 0.4) is 0 Å². The van der Waals surface area contributed by atoms with Gasteiger partial charge in [0, 0.05) is 6.42 Å². The van der Waals surface area contributed by atoms with E-state index in [1.165, 1.54) is 5.56 Å². The van der Waals surface area contributed by atoms with Gasteiger partial charge in [-0.25, -0.2) is 0 Å². The molecule has 4 heteroatoms. The Bertz CT molecular complexity index is 350. The monoisotopic (exact) mass is 206 g/mol. The van der Waals surface area contributed by atoms with E-state index in [-0.39, 0.29) is 11.4 Å². The third-order valence-electron chi connectivity index (χ3n) is 2.03. The molecular formula is C10H10N2OS. The van der Waals surface area contributed by atoms with Gasteiger partial charge in [-0.1, -0.05) is 30.3 Å². The van der Waals surface area contributed by atoms with Gasteiger partial charge in [0.05, 0.1) is 0 Å². The molecule has 0 N–H and O–H groups in total. The van der Waals surface area contributed by atoms with Crippen molar-refractivity contribution in [2.24, 2.45) is 10.2 Å². The van der Waals surface area contributed by atoms with Gasteiger partial charge in [0.25, 0.3) is 0 Å². The van der Waals surface area contributed by atoms with Crippen molar-refractivity contribution in [3.63, 3.8) is 0 Å². The molecule has 2 rings (SSSR count). The molecule has 1 atom stereocenters. The summed E-state index contributed by atoms with van der Waals surface area (Å²) in [6, 6.07) is 10.2. The fraction of sp³-hybridized carbons (Fsp3) is 0.300. The molecule has 0 saturated heterocycles. The quantitative estimate of drug-likeness (QED) is 0.712. The van der Waals surface area contributed by atoms with Gasteiger partial charge in [-0.2, -0.15) is 0 Å². The molecule has 0 aliphatic carbocycles. The van der Waals surface area contributed by atoms with Gasteiger partial charge < -0.3 is 4.74 Å². The zero-order valence-electron chi connectivity index (χ0n) is 7.59. The van der Waals surface area contributed by atoms with Crippen LogP contribution in [0, 0.1) is 0 Å². The number of hydrogen-bond donors (Lipinski definition) is 0. The molecular weight excluding hydrogens is 196 g/mol. The number of nitrogens with zero attached hydrogens (tertiary/aromatic N) is 2. The molecule has 1 aliphatic rings. The van der Waals surface area contributed by atoms with E-state index < -0.39 is 0 Å². The Labute approximate surface area is 87.8 Å². The van der Waals surface area contributed by atoms with Gasteiger partial charge in [0.1, 0.15) is 0 Å². The second kappa shape index (κ2) is 4.28. The van der Waals surface area contributed by atoms with E-state index in [9.17, 15) is 0 Å². The average Bonchev–Trinajstić information content (AvgIpc) is 2.63. The number of azo groups is 1. The Balaban J connectivity index is 1.84. The molecule has 0 saturated carbocycles. The van der Waals surface area contributed by atoms with E-state index in [1.54, 1.807) is 0 Å². The van der Waals surface area contributed by atoms with Crippen LogP contribution in [0.4, 0.5) is 0 Å². The van der Waals surface area contributed by atoms with E-state index in [1.807, 2.05) is 18.2 Å². The molecule has 0 amide bonds. The van der Waals surface area contributed by atoms with Crippen molar-refractivity contribution in [1.82, 2.24) is 0 Å². The lowest BCUT2D eigenvalue weighted by atomic mass is 10.1. The Morgan fingerprint density at radius 2 is 2.07 bits per heavy atom. The van der Waals surface area contributed by atoms with Crippen molar-refractivity contribution in [3.05, 3.63) is 35.9 Å². The predicted molar refractivity (Wildman–Crippen MR) is 57.1 cm³/mol. The number of ether oxygens (including phenoxy) is 1. The first-order chi connectivity index (χ1) is 6.84. The number of aryl methyl sites for hydroxylation is 1. The number of hydrogen-bond acceptors (Lipinski definition) is 3. The van der Waals surface area contributed by atoms with Gasteiger partial charge in [-0.15, -0.1) is 10.2 Å². The summed E-state index contributed by atoms with van der Waals surface area (Å²) in [7, 11) is 0. The lowest BCUT2D eigenvalue weighted by Gasteiger charge is -2.05. The first-order valence-corrected chi connectivity index (χ1v) is 4.91. The van der Waals surface area contributed by atoms with Crippen LogP contribution in [0.5, 0.6) is 0 Å². The molecule has 1 unspecified atom stereocenters. The molecule has 0 bridgehead atoms. The number of benzene rings is 1. The smallest absolute Gasteiger partial charge is 0.304 e. The SMILES string of the molecule is S=C1N=NC(CCc2ccccc2)O1. The van der Waals surface area contributed by atoms with E-state index >= 15 is 0 Å². The van der Waals surface area contributed by atoms with Crippen molar-refractivity contribution in [3.8, 4) is 0 Å². The fourth-order valence-electron chi connectivity index (χ4n) is 1.33. The highest BCUT2D eigenvalue weighted by molar-refractivity contribution is 7.80. The predicted octanol–water partition coefficient (Wildman–Crippen LogP) is 2.71. The normalized spacial score (nSPS) is 19.7. The highest BCUT2D eigenvalue weighted by atomic mass is 32.1. The molecule has 14 heavy (non-hydrogen) atoms. The molecule has 0 radical (unpaired) electrons. The van der Waals surface area contributed by atoms with Gasteiger partial charge in [0.15, 0.2) is 0 Å². The van der Waals surface area contributed by atoms with Crippen molar-refractivity contribution < 1.29 is 4.74 Å². The number of thiocarbonyl (C=S) groups is 1. The van der Waals surface area contributed by atoms with Crippen LogP contribution < -0.4 is 0 Å². The van der Waals surface area contributed by atoms with Gasteiger partial charge in [-0.05, 0) is 24.2 Å². The maximum absolute atomic E-state index is 5.18. The van der Waals surface area contributed by atoms with Crippen molar-refractivity contribution in [2.75, 3.05) is 0 Å². The minimum Gasteiger partial charge on any atom is -0.441 e. The van der Waals surface area contributed by atoms with Gasteiger partial charge >= 0.3 is 5.17 Å². The minimum atomic E-state index is -0.178. The van der Waals surface area contributed by atoms with Crippen molar-refractivity contribution in [1.29, 1.82) is 0 Å². The zero-order chi connectivity index (χ0) is 9.80. The Morgan fingerprint density at radius 1 is 1.29 bits per heavy atom. The molecule has 1 aliphatic heterocycles. The highest BCUT2D eigenvalue weighted by Crippen LogP contribution is 2.14.